The van der Waals surface area contributed by atoms with Crippen LogP contribution in [0.25, 0.3) is 0 Å². The molecule has 2 fully saturated rings. The van der Waals surface area contributed by atoms with E-state index in [4.69, 9.17) is 14.0 Å². The Bertz CT molecular complexity index is 984. The third kappa shape index (κ3) is 6.38. The summed E-state index contributed by atoms with van der Waals surface area (Å²) in [6, 6.07) is 12.9. The maximum atomic E-state index is 14.3. The molecule has 2 aromatic carbocycles. The van der Waals surface area contributed by atoms with Crippen LogP contribution in [-0.2, 0) is 9.09 Å². The van der Waals surface area contributed by atoms with E-state index >= 15 is 0 Å². The molecule has 7 heteroatoms. The third-order valence-electron chi connectivity index (χ3n) is 7.17. The van der Waals surface area contributed by atoms with Crippen LogP contribution in [0.15, 0.2) is 42.5 Å². The fourth-order valence-electron chi connectivity index (χ4n) is 5.00. The second-order valence-electron chi connectivity index (χ2n) is 9.44. The topological polar surface area (TPSA) is 65.0 Å². The molecule has 2 aromatic rings. The molecule has 0 saturated heterocycles. The fraction of sp³-hybridized carbons (Fsp3) is 0.538. The summed E-state index contributed by atoms with van der Waals surface area (Å²) in [4.78, 5) is 10.00. The van der Waals surface area contributed by atoms with E-state index < -0.39 is 7.60 Å². The Labute approximate surface area is 195 Å². The van der Waals surface area contributed by atoms with E-state index in [1.165, 1.54) is 13.2 Å². The first-order valence-corrected chi connectivity index (χ1v) is 13.6. The van der Waals surface area contributed by atoms with Crippen LogP contribution in [0.5, 0.6) is 11.5 Å². The zero-order valence-corrected chi connectivity index (χ0v) is 20.3. The molecule has 0 heterocycles. The Morgan fingerprint density at radius 1 is 1.03 bits per heavy atom. The van der Waals surface area contributed by atoms with Crippen LogP contribution in [0.1, 0.15) is 61.5 Å². The molecular formula is C26H34FO5P. The zero-order chi connectivity index (χ0) is 23.4. The number of hydrogen-bond donors (Lipinski definition) is 1. The van der Waals surface area contributed by atoms with E-state index in [1.807, 2.05) is 30.3 Å². The minimum atomic E-state index is -3.58. The van der Waals surface area contributed by atoms with Crippen molar-refractivity contribution in [1.82, 2.24) is 0 Å². The van der Waals surface area contributed by atoms with E-state index in [9.17, 15) is 13.8 Å². The molecule has 1 N–H and O–H groups in total. The summed E-state index contributed by atoms with van der Waals surface area (Å²) in [5.74, 6) is 2.44. The van der Waals surface area contributed by atoms with Crippen LogP contribution in [0.2, 0.25) is 0 Å². The van der Waals surface area contributed by atoms with Crippen LogP contribution in [0.4, 0.5) is 4.39 Å². The van der Waals surface area contributed by atoms with Gasteiger partial charge in [-0.3, -0.25) is 4.57 Å². The number of rotatable bonds is 10. The molecule has 0 spiro atoms. The van der Waals surface area contributed by atoms with Crippen molar-refractivity contribution < 1.29 is 27.8 Å². The van der Waals surface area contributed by atoms with Crippen LogP contribution < -0.4 is 9.47 Å². The molecule has 0 radical (unpaired) electrons. The molecule has 0 bridgehead atoms. The van der Waals surface area contributed by atoms with Gasteiger partial charge in [0.05, 0.1) is 19.9 Å². The van der Waals surface area contributed by atoms with Crippen molar-refractivity contribution in [2.24, 2.45) is 11.8 Å². The molecule has 2 unspecified atom stereocenters. The second kappa shape index (κ2) is 10.6. The van der Waals surface area contributed by atoms with Crippen molar-refractivity contribution in [3.63, 3.8) is 0 Å². The predicted molar refractivity (Wildman–Crippen MR) is 127 cm³/mol. The highest BCUT2D eigenvalue weighted by molar-refractivity contribution is 7.52. The lowest BCUT2D eigenvalue weighted by atomic mass is 9.79. The van der Waals surface area contributed by atoms with Crippen molar-refractivity contribution in [1.29, 1.82) is 0 Å². The minimum Gasteiger partial charge on any atom is -0.497 e. The largest absolute Gasteiger partial charge is 0.497 e. The molecule has 0 aliphatic heterocycles. The fourth-order valence-corrected chi connectivity index (χ4v) is 6.15. The Kier molecular flexibility index (Phi) is 7.78. The molecule has 2 aliphatic carbocycles. The van der Waals surface area contributed by atoms with Gasteiger partial charge < -0.3 is 18.9 Å². The Morgan fingerprint density at radius 3 is 2.45 bits per heavy atom. The van der Waals surface area contributed by atoms with Gasteiger partial charge in [0.15, 0.2) is 0 Å². The summed E-state index contributed by atoms with van der Waals surface area (Å²) in [5.41, 5.74) is 1.79. The lowest BCUT2D eigenvalue weighted by Crippen LogP contribution is -2.20. The molecule has 33 heavy (non-hydrogen) atoms. The van der Waals surface area contributed by atoms with Crippen molar-refractivity contribution in [2.45, 2.75) is 50.4 Å². The Balaban J connectivity index is 1.33. The molecule has 0 amide bonds. The van der Waals surface area contributed by atoms with Gasteiger partial charge in [-0.15, -0.1) is 0 Å². The maximum Gasteiger partial charge on any atom is 0.328 e. The van der Waals surface area contributed by atoms with Gasteiger partial charge in [0.2, 0.25) is 0 Å². The summed E-state index contributed by atoms with van der Waals surface area (Å²) >= 11 is 0. The first kappa shape index (κ1) is 24.3. The summed E-state index contributed by atoms with van der Waals surface area (Å²) in [6.07, 6.45) is 6.16. The summed E-state index contributed by atoms with van der Waals surface area (Å²) in [7, 11) is -0.679. The Morgan fingerprint density at radius 2 is 1.79 bits per heavy atom. The lowest BCUT2D eigenvalue weighted by Gasteiger charge is -2.29. The van der Waals surface area contributed by atoms with E-state index in [1.54, 1.807) is 13.2 Å². The average molecular weight is 477 g/mol. The number of methoxy groups -OCH3 is 1. The summed E-state index contributed by atoms with van der Waals surface area (Å²) in [6.45, 7) is 0.626. The molecule has 5 nitrogen and oxygen atoms in total. The highest BCUT2D eigenvalue weighted by Crippen LogP contribution is 2.52. The SMILES string of the molecule is COc1ccc(F)c([C@H]2CC[C@H](COc3cccc(C(CP(=O)(O)OC)C4CC4)c3)CC2)c1. The lowest BCUT2D eigenvalue weighted by molar-refractivity contribution is 0.199. The predicted octanol–water partition coefficient (Wildman–Crippen LogP) is 6.51. The smallest absolute Gasteiger partial charge is 0.328 e. The van der Waals surface area contributed by atoms with Gasteiger partial charge in [0.1, 0.15) is 17.3 Å². The van der Waals surface area contributed by atoms with Gasteiger partial charge in [0, 0.05) is 7.11 Å². The van der Waals surface area contributed by atoms with Crippen molar-refractivity contribution in [2.75, 3.05) is 27.0 Å². The molecule has 2 aliphatic rings. The number of halogens is 1. The highest BCUT2D eigenvalue weighted by atomic mass is 31.2. The summed E-state index contributed by atoms with van der Waals surface area (Å²) < 4.78 is 42.7. The van der Waals surface area contributed by atoms with Crippen LogP contribution >= 0.6 is 7.60 Å². The molecular weight excluding hydrogens is 442 g/mol. The first-order chi connectivity index (χ1) is 15.9. The summed E-state index contributed by atoms with van der Waals surface area (Å²) in [5, 5.41) is 0. The van der Waals surface area contributed by atoms with Gasteiger partial charge in [-0.1, -0.05) is 12.1 Å². The highest BCUT2D eigenvalue weighted by Gasteiger charge is 2.37. The molecule has 180 valence electrons. The monoisotopic (exact) mass is 476 g/mol. The van der Waals surface area contributed by atoms with Crippen LogP contribution in [0, 0.1) is 17.7 Å². The van der Waals surface area contributed by atoms with Crippen molar-refractivity contribution >= 4 is 7.60 Å². The van der Waals surface area contributed by atoms with Crippen molar-refractivity contribution in [3.05, 3.63) is 59.4 Å². The molecule has 4 rings (SSSR count). The average Bonchev–Trinajstić information content (AvgIpc) is 3.68. The molecule has 2 saturated carbocycles. The second-order valence-corrected chi connectivity index (χ2v) is 11.4. The van der Waals surface area contributed by atoms with Gasteiger partial charge in [0.25, 0.3) is 0 Å². The maximum absolute atomic E-state index is 14.3. The van der Waals surface area contributed by atoms with Gasteiger partial charge in [-0.25, -0.2) is 4.39 Å². The van der Waals surface area contributed by atoms with E-state index in [0.29, 0.717) is 24.2 Å². The first-order valence-electron chi connectivity index (χ1n) is 11.8. The number of hydrogen-bond acceptors (Lipinski definition) is 4. The zero-order valence-electron chi connectivity index (χ0n) is 19.4. The molecule has 0 aromatic heterocycles. The van der Waals surface area contributed by atoms with Crippen LogP contribution in [-0.4, -0.2) is 31.9 Å². The normalized spacial score (nSPS) is 23.5. The Hall–Kier alpha value is -1.88. The van der Waals surface area contributed by atoms with Gasteiger partial charge >= 0.3 is 7.60 Å². The molecule has 2 atom stereocenters. The van der Waals surface area contributed by atoms with E-state index in [0.717, 1.165) is 55.4 Å². The quantitative estimate of drug-likeness (QED) is 0.396. The number of ether oxygens (including phenoxy) is 2. The van der Waals surface area contributed by atoms with Crippen molar-refractivity contribution in [3.8, 4) is 11.5 Å². The number of benzene rings is 2. The van der Waals surface area contributed by atoms with E-state index in [2.05, 4.69) is 0 Å². The minimum absolute atomic E-state index is 0.0116. The van der Waals surface area contributed by atoms with Crippen LogP contribution in [0.3, 0.4) is 0 Å². The third-order valence-corrected chi connectivity index (χ3v) is 8.59. The van der Waals surface area contributed by atoms with Gasteiger partial charge in [-0.2, -0.15) is 0 Å². The standard InChI is InChI=1S/C26H34FO5P/c1-30-22-12-13-26(27)24(15-22)19-8-6-18(7-9-19)16-32-23-5-3-4-21(14-23)25(20-10-11-20)17-33(28,29)31-2/h3-5,12-15,18-20,25H,6-11,16-17H2,1-2H3,(H,28,29)/t18-,19-,25?. The van der Waals surface area contributed by atoms with E-state index in [-0.39, 0.29) is 23.8 Å². The van der Waals surface area contributed by atoms with Gasteiger partial charge in [-0.05, 0) is 104 Å².